The quantitative estimate of drug-likeness (QED) is 0.567. The first-order valence-electron chi connectivity index (χ1n) is 10.3. The van der Waals surface area contributed by atoms with Gasteiger partial charge in [-0.05, 0) is 74.2 Å². The summed E-state index contributed by atoms with van der Waals surface area (Å²) in [6, 6.07) is 12.0. The molecular formula is C22H26ClFN2O4S. The minimum atomic E-state index is -3.67. The van der Waals surface area contributed by atoms with Gasteiger partial charge in [0.1, 0.15) is 11.6 Å². The molecule has 0 radical (unpaired) electrons. The molecule has 1 saturated heterocycles. The summed E-state index contributed by atoms with van der Waals surface area (Å²) in [6.07, 6.45) is 2.52. The number of carbonyl (C=O) groups excluding carboxylic acids is 1. The van der Waals surface area contributed by atoms with Gasteiger partial charge in [0.05, 0.1) is 11.5 Å². The summed E-state index contributed by atoms with van der Waals surface area (Å²) in [5.74, 6) is 0.0316. The maximum Gasteiger partial charge on any atom is 0.243 e. The van der Waals surface area contributed by atoms with E-state index in [4.69, 9.17) is 16.3 Å². The Bertz CT molecular complexity index is 960. The Morgan fingerprint density at radius 1 is 1.06 bits per heavy atom. The lowest BCUT2D eigenvalue weighted by molar-refractivity contribution is -0.126. The van der Waals surface area contributed by atoms with Gasteiger partial charge in [0, 0.05) is 30.6 Å². The van der Waals surface area contributed by atoms with E-state index >= 15 is 0 Å². The number of piperidine rings is 1. The molecule has 1 aliphatic rings. The molecule has 6 nitrogen and oxygen atoms in total. The summed E-state index contributed by atoms with van der Waals surface area (Å²) in [6.45, 7) is 1.65. The van der Waals surface area contributed by atoms with Crippen molar-refractivity contribution in [1.82, 2.24) is 9.62 Å². The van der Waals surface area contributed by atoms with Gasteiger partial charge in [-0.3, -0.25) is 4.79 Å². The lowest BCUT2D eigenvalue weighted by Crippen LogP contribution is -2.43. The SMILES string of the molecule is O=C(NCCCCOc1ccc(Cl)cc1)C1CCN(S(=O)(=O)c2ccc(F)cc2)CC1. The second-order valence-electron chi connectivity index (χ2n) is 7.43. The summed E-state index contributed by atoms with van der Waals surface area (Å²) >= 11 is 5.83. The van der Waals surface area contributed by atoms with Gasteiger partial charge >= 0.3 is 0 Å². The zero-order valence-corrected chi connectivity index (χ0v) is 18.7. The van der Waals surface area contributed by atoms with E-state index in [1.54, 1.807) is 12.1 Å². The first-order chi connectivity index (χ1) is 14.9. The molecule has 0 unspecified atom stereocenters. The van der Waals surface area contributed by atoms with E-state index in [0.717, 1.165) is 30.7 Å². The number of hydrogen-bond donors (Lipinski definition) is 1. The number of nitrogens with one attached hydrogen (secondary N) is 1. The number of benzene rings is 2. The number of unbranched alkanes of at least 4 members (excludes halogenated alkanes) is 1. The van der Waals surface area contributed by atoms with Crippen molar-refractivity contribution in [3.8, 4) is 5.75 Å². The van der Waals surface area contributed by atoms with Crippen LogP contribution in [0.3, 0.4) is 0 Å². The van der Waals surface area contributed by atoms with Gasteiger partial charge in [-0.1, -0.05) is 11.6 Å². The number of sulfonamides is 1. The molecule has 1 amide bonds. The Balaban J connectivity index is 1.34. The normalized spacial score (nSPS) is 15.5. The molecule has 1 heterocycles. The third kappa shape index (κ3) is 6.66. The van der Waals surface area contributed by atoms with Gasteiger partial charge in [0.25, 0.3) is 0 Å². The van der Waals surface area contributed by atoms with E-state index in [1.807, 2.05) is 12.1 Å². The summed E-state index contributed by atoms with van der Waals surface area (Å²) < 4.78 is 45.3. The second kappa shape index (κ2) is 10.9. The van der Waals surface area contributed by atoms with Crippen LogP contribution in [0, 0.1) is 11.7 Å². The molecule has 0 aliphatic carbocycles. The van der Waals surface area contributed by atoms with Crippen molar-refractivity contribution in [1.29, 1.82) is 0 Å². The van der Waals surface area contributed by atoms with E-state index < -0.39 is 15.8 Å². The minimum absolute atomic E-state index is 0.0440. The van der Waals surface area contributed by atoms with Gasteiger partial charge in [0.2, 0.25) is 15.9 Å². The zero-order valence-electron chi connectivity index (χ0n) is 17.1. The van der Waals surface area contributed by atoms with Crippen LogP contribution >= 0.6 is 11.6 Å². The van der Waals surface area contributed by atoms with Crippen LogP contribution in [-0.4, -0.2) is 44.9 Å². The number of hydrogen-bond acceptors (Lipinski definition) is 4. The molecular weight excluding hydrogens is 443 g/mol. The Hall–Kier alpha value is -2.16. The summed E-state index contributed by atoms with van der Waals surface area (Å²) in [5, 5.41) is 3.59. The van der Waals surface area contributed by atoms with Crippen LogP contribution in [0.25, 0.3) is 0 Å². The maximum atomic E-state index is 13.1. The largest absolute Gasteiger partial charge is 0.494 e. The first-order valence-corrected chi connectivity index (χ1v) is 12.1. The fourth-order valence-electron chi connectivity index (χ4n) is 3.42. The number of amides is 1. The Kier molecular flexibility index (Phi) is 8.28. The van der Waals surface area contributed by atoms with Crippen LogP contribution in [0.15, 0.2) is 53.4 Å². The molecule has 1 fully saturated rings. The monoisotopic (exact) mass is 468 g/mol. The number of rotatable bonds is 9. The van der Waals surface area contributed by atoms with Crippen molar-refractivity contribution in [3.05, 3.63) is 59.4 Å². The summed E-state index contributed by atoms with van der Waals surface area (Å²) in [7, 11) is -3.67. The van der Waals surface area contributed by atoms with E-state index in [0.29, 0.717) is 31.0 Å². The van der Waals surface area contributed by atoms with Crippen molar-refractivity contribution < 1.29 is 22.3 Å². The number of nitrogens with zero attached hydrogens (tertiary/aromatic N) is 1. The Morgan fingerprint density at radius 3 is 2.35 bits per heavy atom. The van der Waals surface area contributed by atoms with E-state index in [1.165, 1.54) is 16.4 Å². The summed E-state index contributed by atoms with van der Waals surface area (Å²) in [5.41, 5.74) is 0. The average molecular weight is 469 g/mol. The molecule has 1 N–H and O–H groups in total. The predicted molar refractivity (Wildman–Crippen MR) is 117 cm³/mol. The second-order valence-corrected chi connectivity index (χ2v) is 9.81. The fraction of sp³-hybridized carbons (Fsp3) is 0.409. The van der Waals surface area contributed by atoms with Gasteiger partial charge < -0.3 is 10.1 Å². The van der Waals surface area contributed by atoms with Gasteiger partial charge in [-0.2, -0.15) is 4.31 Å². The highest BCUT2D eigenvalue weighted by atomic mass is 35.5. The van der Waals surface area contributed by atoms with Crippen LogP contribution < -0.4 is 10.1 Å². The lowest BCUT2D eigenvalue weighted by atomic mass is 9.97. The standard InChI is InChI=1S/C22H26ClFN2O4S/c23-18-3-7-20(8-4-18)30-16-2-1-13-25-22(27)17-11-14-26(15-12-17)31(28,29)21-9-5-19(24)6-10-21/h3-10,17H,1-2,11-16H2,(H,25,27). The molecule has 31 heavy (non-hydrogen) atoms. The third-order valence-corrected chi connectivity index (χ3v) is 7.39. The van der Waals surface area contributed by atoms with Gasteiger partial charge in [-0.25, -0.2) is 12.8 Å². The molecule has 0 spiro atoms. The molecule has 0 bridgehead atoms. The van der Waals surface area contributed by atoms with E-state index in [-0.39, 0.29) is 29.8 Å². The minimum Gasteiger partial charge on any atom is -0.494 e. The highest BCUT2D eigenvalue weighted by molar-refractivity contribution is 7.89. The van der Waals surface area contributed by atoms with Crippen LogP contribution in [0.1, 0.15) is 25.7 Å². The Labute approximate surface area is 187 Å². The maximum absolute atomic E-state index is 13.1. The van der Waals surface area contributed by atoms with Gasteiger partial charge in [0.15, 0.2) is 0 Å². The number of halogens is 2. The molecule has 0 atom stereocenters. The zero-order chi connectivity index (χ0) is 22.3. The highest BCUT2D eigenvalue weighted by Crippen LogP contribution is 2.24. The van der Waals surface area contributed by atoms with Crippen LogP contribution in [0.5, 0.6) is 5.75 Å². The van der Waals surface area contributed by atoms with Crippen molar-refractivity contribution in [2.24, 2.45) is 5.92 Å². The average Bonchev–Trinajstić information content (AvgIpc) is 2.77. The molecule has 1 aliphatic heterocycles. The Morgan fingerprint density at radius 2 is 1.71 bits per heavy atom. The van der Waals surface area contributed by atoms with Crippen LogP contribution in [0.4, 0.5) is 4.39 Å². The fourth-order valence-corrected chi connectivity index (χ4v) is 5.01. The van der Waals surface area contributed by atoms with Crippen molar-refractivity contribution in [3.63, 3.8) is 0 Å². The number of ether oxygens (including phenoxy) is 1. The van der Waals surface area contributed by atoms with Crippen molar-refractivity contribution in [2.75, 3.05) is 26.2 Å². The molecule has 2 aromatic rings. The lowest BCUT2D eigenvalue weighted by Gasteiger charge is -2.30. The first kappa shape index (κ1) is 23.5. The smallest absolute Gasteiger partial charge is 0.243 e. The van der Waals surface area contributed by atoms with Crippen molar-refractivity contribution in [2.45, 2.75) is 30.6 Å². The molecule has 9 heteroatoms. The molecule has 168 valence electrons. The third-order valence-electron chi connectivity index (χ3n) is 5.23. The van der Waals surface area contributed by atoms with Gasteiger partial charge in [-0.15, -0.1) is 0 Å². The van der Waals surface area contributed by atoms with Crippen LogP contribution in [0.2, 0.25) is 5.02 Å². The predicted octanol–water partition coefficient (Wildman–Crippen LogP) is 3.86. The van der Waals surface area contributed by atoms with E-state index in [2.05, 4.69) is 5.32 Å². The van der Waals surface area contributed by atoms with E-state index in [9.17, 15) is 17.6 Å². The van der Waals surface area contributed by atoms with Crippen molar-refractivity contribution >= 4 is 27.5 Å². The molecule has 0 aromatic heterocycles. The number of carbonyl (C=O) groups is 1. The molecule has 2 aromatic carbocycles. The summed E-state index contributed by atoms with van der Waals surface area (Å²) in [4.78, 5) is 12.5. The van der Waals surface area contributed by atoms with Crippen LogP contribution in [-0.2, 0) is 14.8 Å². The highest BCUT2D eigenvalue weighted by Gasteiger charge is 2.31. The molecule has 3 rings (SSSR count). The molecule has 0 saturated carbocycles. The topological polar surface area (TPSA) is 75.7 Å².